The van der Waals surface area contributed by atoms with Gasteiger partial charge in [0.05, 0.1) is 11.3 Å². The van der Waals surface area contributed by atoms with Gasteiger partial charge in [-0.3, -0.25) is 10.1 Å². The molecule has 0 spiro atoms. The number of hydrogen-bond donors (Lipinski definition) is 4. The lowest BCUT2D eigenvalue weighted by atomic mass is 9.88. The molecule has 0 aromatic heterocycles. The number of hydrogen-bond acceptors (Lipinski definition) is 3. The minimum Gasteiger partial charge on any atom is -0.465 e. The van der Waals surface area contributed by atoms with Gasteiger partial charge < -0.3 is 16.2 Å². The molecular formula is C18H20BrN3O3. The van der Waals surface area contributed by atoms with Crippen LogP contribution in [0.15, 0.2) is 34.8 Å². The van der Waals surface area contributed by atoms with E-state index < -0.39 is 11.8 Å². The van der Waals surface area contributed by atoms with Crippen LogP contribution in [0.3, 0.4) is 0 Å². The van der Waals surface area contributed by atoms with Crippen LogP contribution >= 0.6 is 15.9 Å². The van der Waals surface area contributed by atoms with Crippen molar-refractivity contribution in [2.75, 3.05) is 5.73 Å². The zero-order valence-electron chi connectivity index (χ0n) is 13.6. The van der Waals surface area contributed by atoms with Crippen molar-refractivity contribution in [3.63, 3.8) is 0 Å². The molecule has 0 atom stereocenters. The summed E-state index contributed by atoms with van der Waals surface area (Å²) < 4.78 is 0.770. The number of carbonyl (C=O) groups is 2. The molecule has 2 aromatic carbocycles. The van der Waals surface area contributed by atoms with E-state index in [1.807, 2.05) is 24.3 Å². The van der Waals surface area contributed by atoms with E-state index in [4.69, 9.17) is 10.8 Å². The summed E-state index contributed by atoms with van der Waals surface area (Å²) >= 11 is 3.48. The van der Waals surface area contributed by atoms with Crippen molar-refractivity contribution in [1.29, 1.82) is 0 Å². The summed E-state index contributed by atoms with van der Waals surface area (Å²) in [7, 11) is 0. The Morgan fingerprint density at radius 2 is 1.72 bits per heavy atom. The quantitative estimate of drug-likeness (QED) is 0.459. The average Bonchev–Trinajstić information content (AvgIpc) is 2.58. The number of halogens is 1. The standard InChI is InChI=1S/C18H20BrN3O3/c19-14-10-13(15(20)12-7-3-2-6-11(12)14)16(23)21-18(22-17(24)25)8-4-1-5-9-18/h2-3,6-7,10,22H,1,4-5,8-9,20H2,(H,21,23)(H,24,25). The monoisotopic (exact) mass is 405 g/mol. The summed E-state index contributed by atoms with van der Waals surface area (Å²) in [5.74, 6) is -0.375. The van der Waals surface area contributed by atoms with Crippen molar-refractivity contribution >= 4 is 44.4 Å². The molecule has 0 heterocycles. The molecule has 5 N–H and O–H groups in total. The summed E-state index contributed by atoms with van der Waals surface area (Å²) in [5, 5.41) is 16.2. The number of fused-ring (bicyclic) bond motifs is 1. The van der Waals surface area contributed by atoms with E-state index in [9.17, 15) is 9.59 Å². The number of nitrogens with two attached hydrogens (primary N) is 1. The fourth-order valence-electron chi connectivity index (χ4n) is 3.47. The van der Waals surface area contributed by atoms with Gasteiger partial charge in [0.15, 0.2) is 0 Å². The topological polar surface area (TPSA) is 104 Å². The van der Waals surface area contributed by atoms with Crippen LogP contribution in [0.25, 0.3) is 10.8 Å². The number of nitrogen functional groups attached to an aromatic ring is 1. The molecule has 132 valence electrons. The maximum atomic E-state index is 12.9. The van der Waals surface area contributed by atoms with E-state index in [1.165, 1.54) is 0 Å². The predicted molar refractivity (Wildman–Crippen MR) is 101 cm³/mol. The molecule has 2 aromatic rings. The smallest absolute Gasteiger partial charge is 0.406 e. The molecule has 3 rings (SSSR count). The lowest BCUT2D eigenvalue weighted by Crippen LogP contribution is -2.61. The van der Waals surface area contributed by atoms with Crippen molar-refractivity contribution in [3.8, 4) is 0 Å². The van der Waals surface area contributed by atoms with Crippen LogP contribution in [0.4, 0.5) is 10.5 Å². The predicted octanol–water partition coefficient (Wildman–Crippen LogP) is 3.84. The molecule has 0 radical (unpaired) electrons. The van der Waals surface area contributed by atoms with Gasteiger partial charge in [-0.05, 0) is 37.1 Å². The summed E-state index contributed by atoms with van der Waals surface area (Å²) in [6.45, 7) is 0. The number of amides is 2. The van der Waals surface area contributed by atoms with Crippen molar-refractivity contribution in [2.24, 2.45) is 0 Å². The Morgan fingerprint density at radius 3 is 2.36 bits per heavy atom. The Balaban J connectivity index is 1.96. The Bertz CT molecular complexity index is 832. The number of anilines is 1. The summed E-state index contributed by atoms with van der Waals surface area (Å²) in [6, 6.07) is 9.23. The number of nitrogens with one attached hydrogen (secondary N) is 2. The summed E-state index contributed by atoms with van der Waals surface area (Å²) in [5.41, 5.74) is 6.00. The zero-order valence-corrected chi connectivity index (χ0v) is 15.2. The molecule has 0 bridgehead atoms. The molecule has 1 aliphatic rings. The molecule has 1 aliphatic carbocycles. The lowest BCUT2D eigenvalue weighted by Gasteiger charge is -2.38. The van der Waals surface area contributed by atoms with Gasteiger partial charge in [-0.1, -0.05) is 46.6 Å². The normalized spacial score (nSPS) is 16.4. The van der Waals surface area contributed by atoms with Crippen LogP contribution in [0.1, 0.15) is 42.5 Å². The third kappa shape index (κ3) is 3.56. The second kappa shape index (κ2) is 6.92. The fourth-order valence-corrected chi connectivity index (χ4v) is 4.04. The fraction of sp³-hybridized carbons (Fsp3) is 0.333. The molecular weight excluding hydrogens is 386 g/mol. The SMILES string of the molecule is Nc1c(C(=O)NC2(NC(=O)O)CCCCC2)cc(Br)c2ccccc12. The van der Waals surface area contributed by atoms with E-state index in [-0.39, 0.29) is 5.91 Å². The molecule has 0 unspecified atom stereocenters. The number of carboxylic acid groups (broad SMARTS) is 1. The Hall–Kier alpha value is -2.28. The maximum absolute atomic E-state index is 12.9. The van der Waals surface area contributed by atoms with E-state index in [2.05, 4.69) is 26.6 Å². The van der Waals surface area contributed by atoms with E-state index >= 15 is 0 Å². The highest BCUT2D eigenvalue weighted by Gasteiger charge is 2.35. The first-order valence-corrected chi connectivity index (χ1v) is 9.01. The molecule has 25 heavy (non-hydrogen) atoms. The first kappa shape index (κ1) is 17.5. The van der Waals surface area contributed by atoms with Crippen molar-refractivity contribution in [1.82, 2.24) is 10.6 Å². The molecule has 2 amide bonds. The molecule has 1 saturated carbocycles. The summed E-state index contributed by atoms with van der Waals surface area (Å²) in [6.07, 6.45) is 2.74. The minimum atomic E-state index is -1.14. The summed E-state index contributed by atoms with van der Waals surface area (Å²) in [4.78, 5) is 24.1. The third-order valence-electron chi connectivity index (χ3n) is 4.69. The average molecular weight is 406 g/mol. The lowest BCUT2D eigenvalue weighted by molar-refractivity contribution is 0.0827. The van der Waals surface area contributed by atoms with Gasteiger partial charge in [-0.2, -0.15) is 0 Å². The van der Waals surface area contributed by atoms with Gasteiger partial charge in [0.1, 0.15) is 5.66 Å². The van der Waals surface area contributed by atoms with Crippen LogP contribution in [-0.4, -0.2) is 22.8 Å². The largest absolute Gasteiger partial charge is 0.465 e. The van der Waals surface area contributed by atoms with Gasteiger partial charge in [0.2, 0.25) is 0 Å². The second-order valence-electron chi connectivity index (χ2n) is 6.39. The van der Waals surface area contributed by atoms with Gasteiger partial charge in [0.25, 0.3) is 5.91 Å². The molecule has 0 aliphatic heterocycles. The molecule has 1 fully saturated rings. The van der Waals surface area contributed by atoms with Gasteiger partial charge in [0, 0.05) is 9.86 Å². The van der Waals surface area contributed by atoms with E-state index in [1.54, 1.807) is 6.07 Å². The second-order valence-corrected chi connectivity index (χ2v) is 7.25. The van der Waals surface area contributed by atoms with Crippen molar-refractivity contribution in [3.05, 3.63) is 40.4 Å². The van der Waals surface area contributed by atoms with Crippen LogP contribution in [0.5, 0.6) is 0 Å². The van der Waals surface area contributed by atoms with Gasteiger partial charge in [-0.15, -0.1) is 0 Å². The number of benzene rings is 2. The first-order chi connectivity index (χ1) is 11.9. The van der Waals surface area contributed by atoms with Crippen molar-refractivity contribution < 1.29 is 14.7 Å². The first-order valence-electron chi connectivity index (χ1n) is 8.22. The van der Waals surface area contributed by atoms with Gasteiger partial charge in [-0.25, -0.2) is 4.79 Å². The Labute approximate surface area is 153 Å². The minimum absolute atomic E-state index is 0.336. The van der Waals surface area contributed by atoms with Crippen molar-refractivity contribution in [2.45, 2.75) is 37.8 Å². The third-order valence-corrected chi connectivity index (χ3v) is 5.34. The number of rotatable bonds is 3. The maximum Gasteiger partial charge on any atom is 0.406 e. The highest BCUT2D eigenvalue weighted by atomic mass is 79.9. The van der Waals surface area contributed by atoms with Crippen LogP contribution in [0, 0.1) is 0 Å². The number of carbonyl (C=O) groups excluding carboxylic acids is 1. The van der Waals surface area contributed by atoms with Crippen LogP contribution in [-0.2, 0) is 0 Å². The van der Waals surface area contributed by atoms with Crippen LogP contribution in [0.2, 0.25) is 0 Å². The Morgan fingerprint density at radius 1 is 1.08 bits per heavy atom. The molecule has 7 heteroatoms. The Kier molecular flexibility index (Phi) is 4.85. The zero-order chi connectivity index (χ0) is 18.0. The van der Waals surface area contributed by atoms with E-state index in [0.29, 0.717) is 24.1 Å². The molecule has 0 saturated heterocycles. The van der Waals surface area contributed by atoms with Crippen LogP contribution < -0.4 is 16.4 Å². The molecule has 6 nitrogen and oxygen atoms in total. The van der Waals surface area contributed by atoms with E-state index in [0.717, 1.165) is 34.5 Å². The highest BCUT2D eigenvalue weighted by Crippen LogP contribution is 2.33. The van der Waals surface area contributed by atoms with Gasteiger partial charge >= 0.3 is 6.09 Å². The highest BCUT2D eigenvalue weighted by molar-refractivity contribution is 9.10.